The number of hydrogen-bond donors (Lipinski definition) is 4. The molecule has 0 bridgehead atoms. The normalized spacial score (nSPS) is 22.7. The van der Waals surface area contributed by atoms with E-state index in [1.54, 1.807) is 0 Å². The van der Waals surface area contributed by atoms with E-state index in [1.807, 2.05) is 24.3 Å². The second kappa shape index (κ2) is 5.73. The van der Waals surface area contributed by atoms with Crippen LogP contribution < -0.4 is 22.1 Å². The number of amides is 2. The molecule has 0 aromatic heterocycles. The fourth-order valence-electron chi connectivity index (χ4n) is 2.55. The first-order valence-electron chi connectivity index (χ1n) is 6.32. The Kier molecular flexibility index (Phi) is 4.04. The molecule has 1 aromatic rings. The Labute approximate surface area is 107 Å². The molecule has 18 heavy (non-hydrogen) atoms. The number of anilines is 2. The summed E-state index contributed by atoms with van der Waals surface area (Å²) in [6.45, 7) is 0.719. The summed E-state index contributed by atoms with van der Waals surface area (Å²) in [5.41, 5.74) is 12.6. The van der Waals surface area contributed by atoms with E-state index in [0.717, 1.165) is 18.7 Å². The van der Waals surface area contributed by atoms with Crippen LogP contribution in [0.4, 0.5) is 16.2 Å². The van der Waals surface area contributed by atoms with E-state index in [9.17, 15) is 4.79 Å². The third-order valence-corrected chi connectivity index (χ3v) is 3.44. The van der Waals surface area contributed by atoms with Gasteiger partial charge >= 0.3 is 6.03 Å². The van der Waals surface area contributed by atoms with E-state index >= 15 is 0 Å². The average Bonchev–Trinajstić information content (AvgIpc) is 2.76. The maximum atomic E-state index is 10.8. The zero-order chi connectivity index (χ0) is 13.0. The van der Waals surface area contributed by atoms with E-state index in [0.29, 0.717) is 17.6 Å². The largest absolute Gasteiger partial charge is 0.382 e. The molecule has 1 aliphatic rings. The highest BCUT2D eigenvalue weighted by molar-refractivity contribution is 5.88. The molecule has 0 saturated heterocycles. The number of carbonyl (C=O) groups is 1. The van der Waals surface area contributed by atoms with Gasteiger partial charge in [-0.2, -0.15) is 0 Å². The van der Waals surface area contributed by atoms with Crippen molar-refractivity contribution in [3.8, 4) is 0 Å². The summed E-state index contributed by atoms with van der Waals surface area (Å²) >= 11 is 0. The molecule has 5 nitrogen and oxygen atoms in total. The lowest BCUT2D eigenvalue weighted by Gasteiger charge is -2.21. The van der Waals surface area contributed by atoms with Crippen molar-refractivity contribution in [3.63, 3.8) is 0 Å². The molecule has 1 aromatic carbocycles. The van der Waals surface area contributed by atoms with Crippen LogP contribution in [0.15, 0.2) is 24.3 Å². The molecular weight excluding hydrogens is 228 g/mol. The molecule has 2 amide bonds. The van der Waals surface area contributed by atoms with Crippen molar-refractivity contribution in [3.05, 3.63) is 24.3 Å². The molecule has 1 aliphatic carbocycles. The molecule has 1 fully saturated rings. The predicted octanol–water partition coefficient (Wildman–Crippen LogP) is 1.72. The van der Waals surface area contributed by atoms with Crippen LogP contribution in [-0.4, -0.2) is 18.6 Å². The number of benzene rings is 1. The van der Waals surface area contributed by atoms with Gasteiger partial charge in [0.1, 0.15) is 0 Å². The minimum absolute atomic E-state index is 0.429. The summed E-state index contributed by atoms with van der Waals surface area (Å²) in [4.78, 5) is 10.8. The van der Waals surface area contributed by atoms with Crippen molar-refractivity contribution in [1.82, 2.24) is 0 Å². The maximum Gasteiger partial charge on any atom is 0.316 e. The Morgan fingerprint density at radius 2 is 2.11 bits per heavy atom. The van der Waals surface area contributed by atoms with Gasteiger partial charge in [0.2, 0.25) is 0 Å². The predicted molar refractivity (Wildman–Crippen MR) is 73.5 cm³/mol. The third kappa shape index (κ3) is 3.13. The number of hydrogen-bond acceptors (Lipinski definition) is 3. The van der Waals surface area contributed by atoms with E-state index in [-0.39, 0.29) is 0 Å². The lowest BCUT2D eigenvalue weighted by molar-refractivity contribution is 0.259. The van der Waals surface area contributed by atoms with Crippen LogP contribution in [0.5, 0.6) is 0 Å². The number of nitrogens with two attached hydrogens (primary N) is 2. The maximum absolute atomic E-state index is 10.8. The average molecular weight is 248 g/mol. The third-order valence-electron chi connectivity index (χ3n) is 3.44. The standard InChI is InChI=1S/C13H20N4O/c14-8-9-3-1-6-12(9)16-10-4-2-5-11(7-10)17-13(15)18/h2,4-5,7,9,12,16H,1,3,6,8,14H2,(H3,15,17,18). The van der Waals surface area contributed by atoms with Gasteiger partial charge < -0.3 is 22.1 Å². The molecule has 0 aliphatic heterocycles. The van der Waals surface area contributed by atoms with Crippen LogP contribution >= 0.6 is 0 Å². The molecule has 6 N–H and O–H groups in total. The molecule has 0 heterocycles. The topological polar surface area (TPSA) is 93.2 Å². The number of nitrogens with one attached hydrogen (secondary N) is 2. The van der Waals surface area contributed by atoms with Crippen LogP contribution in [0.2, 0.25) is 0 Å². The van der Waals surface area contributed by atoms with Gasteiger partial charge in [0.05, 0.1) is 0 Å². The lowest BCUT2D eigenvalue weighted by atomic mass is 10.0. The van der Waals surface area contributed by atoms with Gasteiger partial charge in [0, 0.05) is 17.4 Å². The van der Waals surface area contributed by atoms with Crippen molar-refractivity contribution in [1.29, 1.82) is 0 Å². The van der Waals surface area contributed by atoms with Crippen molar-refractivity contribution in [2.45, 2.75) is 25.3 Å². The molecule has 2 rings (SSSR count). The van der Waals surface area contributed by atoms with E-state index < -0.39 is 6.03 Å². The second-order valence-corrected chi connectivity index (χ2v) is 4.75. The first-order chi connectivity index (χ1) is 8.69. The summed E-state index contributed by atoms with van der Waals surface area (Å²) in [7, 11) is 0. The highest BCUT2D eigenvalue weighted by Gasteiger charge is 2.25. The summed E-state index contributed by atoms with van der Waals surface area (Å²) in [5, 5.41) is 6.05. The summed E-state index contributed by atoms with van der Waals surface area (Å²) in [5.74, 6) is 0.540. The van der Waals surface area contributed by atoms with E-state index in [4.69, 9.17) is 11.5 Å². The molecule has 2 unspecified atom stereocenters. The van der Waals surface area contributed by atoms with Crippen molar-refractivity contribution in [2.24, 2.45) is 17.4 Å². The summed E-state index contributed by atoms with van der Waals surface area (Å²) in [6.07, 6.45) is 3.56. The lowest BCUT2D eigenvalue weighted by Crippen LogP contribution is -2.29. The van der Waals surface area contributed by atoms with E-state index in [2.05, 4.69) is 10.6 Å². The van der Waals surface area contributed by atoms with E-state index in [1.165, 1.54) is 12.8 Å². The van der Waals surface area contributed by atoms with Gasteiger partial charge in [-0.3, -0.25) is 0 Å². The van der Waals surface area contributed by atoms with Gasteiger partial charge in [0.25, 0.3) is 0 Å². The smallest absolute Gasteiger partial charge is 0.316 e. The Balaban J connectivity index is 2.02. The molecule has 5 heteroatoms. The minimum atomic E-state index is -0.548. The highest BCUT2D eigenvalue weighted by Crippen LogP contribution is 2.28. The SMILES string of the molecule is NCC1CCCC1Nc1cccc(NC(N)=O)c1. The van der Waals surface area contributed by atoms with Crippen molar-refractivity contribution < 1.29 is 4.79 Å². The minimum Gasteiger partial charge on any atom is -0.382 e. The fraction of sp³-hybridized carbons (Fsp3) is 0.462. The Bertz CT molecular complexity index is 421. The van der Waals surface area contributed by atoms with Crippen LogP contribution in [-0.2, 0) is 0 Å². The molecule has 0 radical (unpaired) electrons. The number of rotatable bonds is 4. The van der Waals surface area contributed by atoms with Crippen molar-refractivity contribution in [2.75, 3.05) is 17.2 Å². The van der Waals surface area contributed by atoms with Gasteiger partial charge in [-0.25, -0.2) is 4.79 Å². The zero-order valence-corrected chi connectivity index (χ0v) is 10.4. The first kappa shape index (κ1) is 12.7. The fourth-order valence-corrected chi connectivity index (χ4v) is 2.55. The number of primary amides is 1. The molecule has 1 saturated carbocycles. The second-order valence-electron chi connectivity index (χ2n) is 4.75. The zero-order valence-electron chi connectivity index (χ0n) is 10.4. The van der Waals surface area contributed by atoms with Gasteiger partial charge in [-0.15, -0.1) is 0 Å². The molecule has 98 valence electrons. The molecule has 2 atom stereocenters. The van der Waals surface area contributed by atoms with Crippen molar-refractivity contribution >= 4 is 17.4 Å². The van der Waals surface area contributed by atoms with Gasteiger partial charge in [0.15, 0.2) is 0 Å². The Hall–Kier alpha value is -1.75. The Morgan fingerprint density at radius 1 is 1.33 bits per heavy atom. The van der Waals surface area contributed by atoms with Crippen LogP contribution in [0.3, 0.4) is 0 Å². The monoisotopic (exact) mass is 248 g/mol. The van der Waals surface area contributed by atoms with Gasteiger partial charge in [-0.05, 0) is 43.5 Å². The quantitative estimate of drug-likeness (QED) is 0.653. The van der Waals surface area contributed by atoms with Crippen LogP contribution in [0, 0.1) is 5.92 Å². The van der Waals surface area contributed by atoms with Gasteiger partial charge in [-0.1, -0.05) is 12.5 Å². The van der Waals surface area contributed by atoms with Crippen LogP contribution in [0.25, 0.3) is 0 Å². The summed E-state index contributed by atoms with van der Waals surface area (Å²) < 4.78 is 0. The number of carbonyl (C=O) groups excluding carboxylic acids is 1. The highest BCUT2D eigenvalue weighted by atomic mass is 16.2. The Morgan fingerprint density at radius 3 is 2.83 bits per heavy atom. The van der Waals surface area contributed by atoms with Crippen LogP contribution in [0.1, 0.15) is 19.3 Å². The first-order valence-corrected chi connectivity index (χ1v) is 6.32. The molecule has 0 spiro atoms. The molecular formula is C13H20N4O. The number of urea groups is 1. The summed E-state index contributed by atoms with van der Waals surface area (Å²) in [6, 6.07) is 7.45.